The molecule has 0 aliphatic rings. The monoisotopic (exact) mass is 765 g/mol. The lowest BCUT2D eigenvalue weighted by Gasteiger charge is -2.11. The number of nitrogens with zero attached hydrogens (tertiary/aromatic N) is 3. The molecule has 4 heteroatoms. The molecular weight excluding hydrogens is 731 g/mol. The van der Waals surface area contributed by atoms with Crippen LogP contribution in [0.5, 0.6) is 0 Å². The van der Waals surface area contributed by atoms with E-state index in [-0.39, 0.29) is 0 Å². The number of hydrogen-bond acceptors (Lipinski definition) is 3. The SMILES string of the molecule is c1ccc(-c2cccc(-c3ccc4oc5c(-c6ccc(-c7nnc8c9ccccc9c9ccccc9n78)cc6)cc(-c6cccc(-c7ccccc7)c6)cc5c4c3)c2)cc1. The zero-order valence-electron chi connectivity index (χ0n) is 32.5. The van der Waals surface area contributed by atoms with E-state index in [2.05, 4.69) is 217 Å². The van der Waals surface area contributed by atoms with Crippen LogP contribution in [0.25, 0.3) is 116 Å². The van der Waals surface area contributed by atoms with Crippen molar-refractivity contribution in [3.63, 3.8) is 0 Å². The first-order chi connectivity index (χ1) is 29.7. The second-order valence-corrected chi connectivity index (χ2v) is 15.4. The molecule has 3 aromatic heterocycles. The fourth-order valence-electron chi connectivity index (χ4n) is 8.94. The summed E-state index contributed by atoms with van der Waals surface area (Å²) in [5.41, 5.74) is 16.1. The topological polar surface area (TPSA) is 43.3 Å². The minimum atomic E-state index is 0.808. The van der Waals surface area contributed by atoms with Gasteiger partial charge in [-0.2, -0.15) is 0 Å². The van der Waals surface area contributed by atoms with E-state index in [0.717, 1.165) is 83.3 Å². The van der Waals surface area contributed by atoms with Gasteiger partial charge >= 0.3 is 0 Å². The number of para-hydroxylation sites is 1. The van der Waals surface area contributed by atoms with Gasteiger partial charge in [-0.1, -0.05) is 170 Å². The molecule has 0 saturated carbocycles. The minimum absolute atomic E-state index is 0.808. The van der Waals surface area contributed by atoms with Crippen molar-refractivity contribution in [2.75, 3.05) is 0 Å². The van der Waals surface area contributed by atoms with E-state index >= 15 is 0 Å². The van der Waals surface area contributed by atoms with E-state index < -0.39 is 0 Å². The molecule has 0 saturated heterocycles. The average Bonchev–Trinajstić information content (AvgIpc) is 3.95. The Labute approximate surface area is 346 Å². The molecular formula is C56H35N3O. The maximum atomic E-state index is 6.83. The summed E-state index contributed by atoms with van der Waals surface area (Å²) in [5.74, 6) is 0.808. The third kappa shape index (κ3) is 5.61. The predicted molar refractivity (Wildman–Crippen MR) is 248 cm³/mol. The third-order valence-electron chi connectivity index (χ3n) is 11.9. The maximum Gasteiger partial charge on any atom is 0.169 e. The molecule has 0 aliphatic heterocycles. The number of aromatic nitrogens is 3. The smallest absolute Gasteiger partial charge is 0.169 e. The van der Waals surface area contributed by atoms with Crippen molar-refractivity contribution in [3.8, 4) is 67.0 Å². The molecule has 0 spiro atoms. The van der Waals surface area contributed by atoms with Crippen LogP contribution >= 0.6 is 0 Å². The number of benzene rings is 9. The molecule has 0 atom stereocenters. The molecule has 0 fully saturated rings. The quantitative estimate of drug-likeness (QED) is 0.158. The number of hydrogen-bond donors (Lipinski definition) is 0. The van der Waals surface area contributed by atoms with Gasteiger partial charge in [-0.05, 0) is 97.9 Å². The number of pyridine rings is 1. The van der Waals surface area contributed by atoms with Crippen molar-refractivity contribution in [1.29, 1.82) is 0 Å². The van der Waals surface area contributed by atoms with E-state index in [0.29, 0.717) is 0 Å². The summed E-state index contributed by atoms with van der Waals surface area (Å²) < 4.78 is 9.02. The van der Waals surface area contributed by atoms with Crippen molar-refractivity contribution < 1.29 is 4.42 Å². The number of rotatable bonds is 6. The molecule has 3 heterocycles. The average molecular weight is 766 g/mol. The molecule has 0 bridgehead atoms. The first kappa shape index (κ1) is 34.0. The highest BCUT2D eigenvalue weighted by atomic mass is 16.3. The lowest BCUT2D eigenvalue weighted by Crippen LogP contribution is -1.94. The zero-order valence-corrected chi connectivity index (χ0v) is 32.5. The second kappa shape index (κ2) is 13.8. The summed E-state index contributed by atoms with van der Waals surface area (Å²) in [6, 6.07) is 75.5. The van der Waals surface area contributed by atoms with Crippen molar-refractivity contribution in [1.82, 2.24) is 14.6 Å². The summed E-state index contributed by atoms with van der Waals surface area (Å²) >= 11 is 0. The van der Waals surface area contributed by atoms with E-state index in [1.54, 1.807) is 0 Å². The van der Waals surface area contributed by atoms with Gasteiger partial charge in [0, 0.05) is 32.7 Å². The highest BCUT2D eigenvalue weighted by Crippen LogP contribution is 2.42. The van der Waals surface area contributed by atoms with Crippen LogP contribution < -0.4 is 0 Å². The molecule has 12 aromatic rings. The van der Waals surface area contributed by atoms with Gasteiger partial charge in [0.1, 0.15) is 11.2 Å². The molecule has 280 valence electrons. The van der Waals surface area contributed by atoms with Crippen LogP contribution in [0.4, 0.5) is 0 Å². The van der Waals surface area contributed by atoms with Gasteiger partial charge in [0.05, 0.1) is 5.52 Å². The summed E-state index contributed by atoms with van der Waals surface area (Å²) in [4.78, 5) is 0. The molecule has 9 aromatic carbocycles. The van der Waals surface area contributed by atoms with Gasteiger partial charge in [-0.15, -0.1) is 10.2 Å². The van der Waals surface area contributed by atoms with Gasteiger partial charge in [0.2, 0.25) is 0 Å². The Morgan fingerprint density at radius 3 is 1.53 bits per heavy atom. The minimum Gasteiger partial charge on any atom is -0.455 e. The molecule has 0 N–H and O–H groups in total. The first-order valence-corrected chi connectivity index (χ1v) is 20.3. The van der Waals surface area contributed by atoms with Crippen molar-refractivity contribution in [2.24, 2.45) is 0 Å². The van der Waals surface area contributed by atoms with Gasteiger partial charge in [0.15, 0.2) is 11.5 Å². The van der Waals surface area contributed by atoms with Gasteiger partial charge in [-0.3, -0.25) is 4.40 Å². The second-order valence-electron chi connectivity index (χ2n) is 15.4. The lowest BCUT2D eigenvalue weighted by atomic mass is 9.93. The Kier molecular flexibility index (Phi) is 7.82. The van der Waals surface area contributed by atoms with Crippen LogP contribution in [0.2, 0.25) is 0 Å². The predicted octanol–water partition coefficient (Wildman–Crippen LogP) is 14.9. The standard InChI is InChI=1S/C56H35N3O/c1-3-13-36(14-4-1)40-17-11-19-42(31-40)44-29-30-53-50(33-44)51-35-45(43-20-12-18-41(32-43)37-15-5-2-6-16-37)34-49(54(51)60-53)38-25-27-39(28-26-38)55-57-58-56-48-23-8-7-21-46(48)47-22-9-10-24-52(47)59(55)56/h1-35H. The molecule has 0 radical (unpaired) electrons. The van der Waals surface area contributed by atoms with Crippen LogP contribution in [-0.4, -0.2) is 14.6 Å². The van der Waals surface area contributed by atoms with Crippen molar-refractivity contribution >= 4 is 49.3 Å². The summed E-state index contributed by atoms with van der Waals surface area (Å²) in [6.07, 6.45) is 0. The zero-order chi connectivity index (χ0) is 39.6. The fourth-order valence-corrected chi connectivity index (χ4v) is 8.94. The summed E-state index contributed by atoms with van der Waals surface area (Å²) in [5, 5.41) is 15.1. The summed E-state index contributed by atoms with van der Waals surface area (Å²) in [6.45, 7) is 0. The van der Waals surface area contributed by atoms with Crippen molar-refractivity contribution in [3.05, 3.63) is 212 Å². The maximum absolute atomic E-state index is 6.83. The largest absolute Gasteiger partial charge is 0.455 e. The Hall–Kier alpha value is -8.08. The third-order valence-corrected chi connectivity index (χ3v) is 11.9. The first-order valence-electron chi connectivity index (χ1n) is 20.3. The molecule has 12 rings (SSSR count). The summed E-state index contributed by atoms with van der Waals surface area (Å²) in [7, 11) is 0. The van der Waals surface area contributed by atoms with Crippen LogP contribution in [0.15, 0.2) is 217 Å². The number of furan rings is 1. The van der Waals surface area contributed by atoms with Crippen LogP contribution in [0, 0.1) is 0 Å². The normalized spacial score (nSPS) is 11.7. The van der Waals surface area contributed by atoms with E-state index in [1.807, 2.05) is 0 Å². The van der Waals surface area contributed by atoms with Crippen molar-refractivity contribution in [2.45, 2.75) is 0 Å². The Bertz CT molecular complexity index is 3580. The van der Waals surface area contributed by atoms with Crippen LogP contribution in [-0.2, 0) is 0 Å². The molecule has 4 nitrogen and oxygen atoms in total. The Morgan fingerprint density at radius 1 is 0.317 bits per heavy atom. The van der Waals surface area contributed by atoms with E-state index in [4.69, 9.17) is 14.6 Å². The molecule has 0 amide bonds. The van der Waals surface area contributed by atoms with Gasteiger partial charge < -0.3 is 4.42 Å². The Balaban J connectivity index is 1.02. The molecule has 0 unspecified atom stereocenters. The van der Waals surface area contributed by atoms with Gasteiger partial charge in [-0.25, -0.2) is 0 Å². The molecule has 60 heavy (non-hydrogen) atoms. The van der Waals surface area contributed by atoms with Gasteiger partial charge in [0.25, 0.3) is 0 Å². The number of fused-ring (bicyclic) bond motifs is 9. The van der Waals surface area contributed by atoms with Crippen LogP contribution in [0.3, 0.4) is 0 Å². The lowest BCUT2D eigenvalue weighted by molar-refractivity contribution is 0.670. The highest BCUT2D eigenvalue weighted by Gasteiger charge is 2.19. The fraction of sp³-hybridized carbons (Fsp3) is 0. The Morgan fingerprint density at radius 2 is 0.833 bits per heavy atom. The van der Waals surface area contributed by atoms with E-state index in [1.165, 1.54) is 33.0 Å². The molecule has 0 aliphatic carbocycles. The van der Waals surface area contributed by atoms with E-state index in [9.17, 15) is 0 Å². The highest BCUT2D eigenvalue weighted by molar-refractivity contribution is 6.13. The van der Waals surface area contributed by atoms with Crippen LogP contribution in [0.1, 0.15) is 0 Å².